The number of hydrogen-bond acceptors (Lipinski definition) is 5. The maximum absolute atomic E-state index is 12.3. The lowest BCUT2D eigenvalue weighted by Crippen LogP contribution is -2.52. The van der Waals surface area contributed by atoms with E-state index in [2.05, 4.69) is 15.5 Å². The molecule has 1 aliphatic heterocycles. The first-order valence-electron chi connectivity index (χ1n) is 9.28. The van der Waals surface area contributed by atoms with Crippen molar-refractivity contribution in [3.05, 3.63) is 58.3 Å². The topological polar surface area (TPSA) is 81.8 Å². The van der Waals surface area contributed by atoms with E-state index in [1.165, 1.54) is 11.3 Å². The van der Waals surface area contributed by atoms with Crippen LogP contribution in [0.3, 0.4) is 0 Å². The Bertz CT molecular complexity index is 787. The fraction of sp³-hybridized carbons (Fsp3) is 0.350. The van der Waals surface area contributed by atoms with E-state index < -0.39 is 0 Å². The van der Waals surface area contributed by atoms with Gasteiger partial charge in [-0.15, -0.1) is 11.3 Å². The van der Waals surface area contributed by atoms with Gasteiger partial charge in [0.25, 0.3) is 11.8 Å². The number of rotatable bonds is 7. The zero-order chi connectivity index (χ0) is 19.8. The lowest BCUT2D eigenvalue weighted by Gasteiger charge is -2.34. The standard InChI is InChI=1S/C20H24N4O3S/c25-18(15-22-19(26)16-5-2-1-3-6-16)24-12-10-23(11-13-24)9-8-21-20(27)17-7-4-14-28-17/h1-7,14H,8-13,15H2,(H,21,27)(H,22,26). The first kappa shape index (κ1) is 20.0. The Morgan fingerprint density at radius 2 is 1.64 bits per heavy atom. The summed E-state index contributed by atoms with van der Waals surface area (Å²) in [7, 11) is 0. The number of nitrogens with zero attached hydrogens (tertiary/aromatic N) is 2. The molecule has 0 atom stereocenters. The van der Waals surface area contributed by atoms with Crippen LogP contribution in [0.25, 0.3) is 0 Å². The Hall–Kier alpha value is -2.71. The largest absolute Gasteiger partial charge is 0.350 e. The molecule has 148 valence electrons. The highest BCUT2D eigenvalue weighted by Gasteiger charge is 2.21. The van der Waals surface area contributed by atoms with Gasteiger partial charge >= 0.3 is 0 Å². The van der Waals surface area contributed by atoms with Crippen molar-refractivity contribution >= 4 is 29.1 Å². The first-order chi connectivity index (χ1) is 13.6. The van der Waals surface area contributed by atoms with Gasteiger partial charge in [-0.1, -0.05) is 24.3 Å². The molecule has 0 radical (unpaired) electrons. The van der Waals surface area contributed by atoms with Crippen LogP contribution in [0.1, 0.15) is 20.0 Å². The smallest absolute Gasteiger partial charge is 0.261 e. The minimum absolute atomic E-state index is 0.00456. The van der Waals surface area contributed by atoms with Gasteiger partial charge in [-0.2, -0.15) is 0 Å². The predicted molar refractivity (Wildman–Crippen MR) is 108 cm³/mol. The van der Waals surface area contributed by atoms with Gasteiger partial charge in [0, 0.05) is 44.8 Å². The van der Waals surface area contributed by atoms with E-state index >= 15 is 0 Å². The number of carbonyl (C=O) groups excluding carboxylic acids is 3. The second kappa shape index (κ2) is 10.0. The van der Waals surface area contributed by atoms with Crippen molar-refractivity contribution in [1.82, 2.24) is 20.4 Å². The fourth-order valence-electron chi connectivity index (χ4n) is 3.00. The molecule has 0 saturated carbocycles. The van der Waals surface area contributed by atoms with Gasteiger partial charge in [0.05, 0.1) is 11.4 Å². The molecule has 0 spiro atoms. The molecule has 3 rings (SSSR count). The number of carbonyl (C=O) groups is 3. The van der Waals surface area contributed by atoms with Gasteiger partial charge in [-0.25, -0.2) is 0 Å². The Morgan fingerprint density at radius 3 is 2.32 bits per heavy atom. The molecule has 8 heteroatoms. The number of hydrogen-bond donors (Lipinski definition) is 2. The fourth-order valence-corrected chi connectivity index (χ4v) is 3.64. The molecule has 1 fully saturated rings. The van der Waals surface area contributed by atoms with E-state index in [9.17, 15) is 14.4 Å². The van der Waals surface area contributed by atoms with Crippen LogP contribution in [-0.4, -0.2) is 73.3 Å². The van der Waals surface area contributed by atoms with E-state index in [-0.39, 0.29) is 24.3 Å². The Balaban J connectivity index is 1.32. The molecule has 0 unspecified atom stereocenters. The van der Waals surface area contributed by atoms with Gasteiger partial charge in [0.1, 0.15) is 0 Å². The van der Waals surface area contributed by atoms with Gasteiger partial charge < -0.3 is 15.5 Å². The molecule has 2 heterocycles. The zero-order valence-electron chi connectivity index (χ0n) is 15.6. The minimum atomic E-state index is -0.242. The molecule has 1 aliphatic rings. The maximum atomic E-state index is 12.3. The highest BCUT2D eigenvalue weighted by molar-refractivity contribution is 7.12. The van der Waals surface area contributed by atoms with Crippen LogP contribution in [0.15, 0.2) is 47.8 Å². The molecule has 7 nitrogen and oxygen atoms in total. The van der Waals surface area contributed by atoms with Crippen molar-refractivity contribution in [1.29, 1.82) is 0 Å². The number of thiophene rings is 1. The van der Waals surface area contributed by atoms with E-state index in [1.807, 2.05) is 17.5 Å². The molecule has 3 amide bonds. The highest BCUT2D eigenvalue weighted by Crippen LogP contribution is 2.07. The normalized spacial score (nSPS) is 14.5. The quantitative estimate of drug-likeness (QED) is 0.728. The summed E-state index contributed by atoms with van der Waals surface area (Å²) in [5.41, 5.74) is 0.546. The van der Waals surface area contributed by atoms with Crippen molar-refractivity contribution in [3.63, 3.8) is 0 Å². The second-order valence-corrected chi connectivity index (χ2v) is 7.45. The average molecular weight is 401 g/mol. The van der Waals surface area contributed by atoms with Crippen LogP contribution >= 0.6 is 11.3 Å². The summed E-state index contributed by atoms with van der Waals surface area (Å²) in [4.78, 5) is 41.0. The number of nitrogens with one attached hydrogen (secondary N) is 2. The molecule has 2 N–H and O–H groups in total. The molecule has 28 heavy (non-hydrogen) atoms. The number of piperazine rings is 1. The van der Waals surface area contributed by atoms with Crippen LogP contribution in [0.4, 0.5) is 0 Å². The Labute approximate surface area is 168 Å². The molecule has 0 bridgehead atoms. The third kappa shape index (κ3) is 5.64. The summed E-state index contributed by atoms with van der Waals surface area (Å²) < 4.78 is 0. The molecule has 1 aromatic carbocycles. The Kier molecular flexibility index (Phi) is 7.16. The maximum Gasteiger partial charge on any atom is 0.261 e. The van der Waals surface area contributed by atoms with Gasteiger partial charge in [-0.3, -0.25) is 19.3 Å². The lowest BCUT2D eigenvalue weighted by atomic mass is 10.2. The van der Waals surface area contributed by atoms with E-state index in [0.717, 1.165) is 19.6 Å². The number of amides is 3. The first-order valence-corrected chi connectivity index (χ1v) is 10.2. The monoisotopic (exact) mass is 400 g/mol. The van der Waals surface area contributed by atoms with Crippen molar-refractivity contribution in [3.8, 4) is 0 Å². The third-order valence-corrected chi connectivity index (χ3v) is 5.49. The van der Waals surface area contributed by atoms with Crippen molar-refractivity contribution < 1.29 is 14.4 Å². The van der Waals surface area contributed by atoms with Crippen LogP contribution in [0.5, 0.6) is 0 Å². The minimum Gasteiger partial charge on any atom is -0.350 e. The highest BCUT2D eigenvalue weighted by atomic mass is 32.1. The molecule has 1 saturated heterocycles. The van der Waals surface area contributed by atoms with Crippen LogP contribution in [0, 0.1) is 0 Å². The predicted octanol–water partition coefficient (Wildman–Crippen LogP) is 1.05. The third-order valence-electron chi connectivity index (χ3n) is 4.62. The lowest BCUT2D eigenvalue weighted by molar-refractivity contribution is -0.131. The van der Waals surface area contributed by atoms with Gasteiger partial charge in [0.15, 0.2) is 0 Å². The van der Waals surface area contributed by atoms with Gasteiger partial charge in [0.2, 0.25) is 5.91 Å². The Morgan fingerprint density at radius 1 is 0.893 bits per heavy atom. The van der Waals surface area contributed by atoms with Crippen LogP contribution in [-0.2, 0) is 4.79 Å². The van der Waals surface area contributed by atoms with Gasteiger partial charge in [-0.05, 0) is 23.6 Å². The van der Waals surface area contributed by atoms with Crippen LogP contribution < -0.4 is 10.6 Å². The molecular weight excluding hydrogens is 376 g/mol. The van der Waals surface area contributed by atoms with E-state index in [4.69, 9.17) is 0 Å². The number of benzene rings is 1. The zero-order valence-corrected chi connectivity index (χ0v) is 16.4. The van der Waals surface area contributed by atoms with E-state index in [1.54, 1.807) is 35.2 Å². The molecular formula is C20H24N4O3S. The average Bonchev–Trinajstić information content (AvgIpc) is 3.28. The van der Waals surface area contributed by atoms with Crippen molar-refractivity contribution in [2.24, 2.45) is 0 Å². The summed E-state index contributed by atoms with van der Waals surface area (Å²) >= 11 is 1.43. The summed E-state index contributed by atoms with van der Waals surface area (Å²) in [5.74, 6) is -0.359. The summed E-state index contributed by atoms with van der Waals surface area (Å²) in [5, 5.41) is 7.48. The van der Waals surface area contributed by atoms with Crippen LogP contribution in [0.2, 0.25) is 0 Å². The van der Waals surface area contributed by atoms with Crippen molar-refractivity contribution in [2.75, 3.05) is 45.8 Å². The SMILES string of the molecule is O=C(NCC(=O)N1CCN(CCNC(=O)c2cccs2)CC1)c1ccccc1. The molecule has 1 aromatic heterocycles. The summed E-state index contributed by atoms with van der Waals surface area (Å²) in [6, 6.07) is 12.5. The molecule has 0 aliphatic carbocycles. The molecule has 2 aromatic rings. The summed E-state index contributed by atoms with van der Waals surface area (Å²) in [6.45, 7) is 4.10. The van der Waals surface area contributed by atoms with Crippen molar-refractivity contribution in [2.45, 2.75) is 0 Å². The second-order valence-electron chi connectivity index (χ2n) is 6.50. The van der Waals surface area contributed by atoms with E-state index in [0.29, 0.717) is 30.1 Å². The summed E-state index contributed by atoms with van der Waals surface area (Å²) in [6.07, 6.45) is 0.